The van der Waals surface area contributed by atoms with Crippen LogP contribution in [0.4, 0.5) is 4.39 Å². The average Bonchev–Trinajstić information content (AvgIpc) is 3.02. The summed E-state index contributed by atoms with van der Waals surface area (Å²) >= 11 is 0. The lowest BCUT2D eigenvalue weighted by atomic mass is 10.2. The van der Waals surface area contributed by atoms with Crippen LogP contribution >= 0.6 is 0 Å². The molecule has 0 atom stereocenters. The van der Waals surface area contributed by atoms with Crippen LogP contribution in [0.1, 0.15) is 21.9 Å². The van der Waals surface area contributed by atoms with Crippen molar-refractivity contribution in [3.8, 4) is 0 Å². The SMILES string of the molecule is Cc1cc(Cn2ccc3cc(F)ccc32)oc1C(=O)NN. The molecule has 0 unspecified atom stereocenters. The highest BCUT2D eigenvalue weighted by molar-refractivity contribution is 5.92. The average molecular weight is 287 g/mol. The largest absolute Gasteiger partial charge is 0.454 e. The Morgan fingerprint density at radius 2 is 2.19 bits per heavy atom. The van der Waals surface area contributed by atoms with Gasteiger partial charge in [-0.15, -0.1) is 0 Å². The molecular formula is C15H14FN3O2. The number of aromatic nitrogens is 1. The molecule has 0 radical (unpaired) electrons. The van der Waals surface area contributed by atoms with Crippen LogP contribution < -0.4 is 11.3 Å². The Balaban J connectivity index is 1.94. The predicted molar refractivity (Wildman–Crippen MR) is 76.1 cm³/mol. The molecule has 21 heavy (non-hydrogen) atoms. The van der Waals surface area contributed by atoms with Crippen molar-refractivity contribution in [2.24, 2.45) is 5.84 Å². The van der Waals surface area contributed by atoms with Crippen LogP contribution in [0.2, 0.25) is 0 Å². The Hall–Kier alpha value is -2.60. The third-order valence-electron chi connectivity index (χ3n) is 3.37. The maximum absolute atomic E-state index is 13.2. The van der Waals surface area contributed by atoms with Crippen LogP contribution in [0.15, 0.2) is 40.9 Å². The van der Waals surface area contributed by atoms with Gasteiger partial charge in [0.05, 0.1) is 6.54 Å². The molecule has 108 valence electrons. The smallest absolute Gasteiger partial charge is 0.301 e. The molecule has 0 aliphatic heterocycles. The van der Waals surface area contributed by atoms with Gasteiger partial charge in [-0.05, 0) is 37.3 Å². The lowest BCUT2D eigenvalue weighted by Gasteiger charge is -2.03. The summed E-state index contributed by atoms with van der Waals surface area (Å²) in [6.07, 6.45) is 1.85. The molecule has 3 rings (SSSR count). The van der Waals surface area contributed by atoms with E-state index in [1.807, 2.05) is 22.3 Å². The molecule has 2 heterocycles. The number of nitrogens with one attached hydrogen (secondary N) is 1. The number of nitrogens with zero attached hydrogens (tertiary/aromatic N) is 1. The van der Waals surface area contributed by atoms with E-state index < -0.39 is 5.91 Å². The summed E-state index contributed by atoms with van der Waals surface area (Å²) in [5, 5.41) is 0.818. The number of hydrazine groups is 1. The Morgan fingerprint density at radius 1 is 1.38 bits per heavy atom. The number of nitrogen functional groups attached to an aromatic ring is 1. The number of benzene rings is 1. The number of furan rings is 1. The summed E-state index contributed by atoms with van der Waals surface area (Å²) in [7, 11) is 0. The number of carbonyl (C=O) groups excluding carboxylic acids is 1. The standard InChI is InChI=1S/C15H14FN3O2/c1-9-6-12(21-14(9)15(20)18-17)8-19-5-4-10-7-11(16)2-3-13(10)19/h2-7H,8,17H2,1H3,(H,18,20). The first-order valence-electron chi connectivity index (χ1n) is 6.43. The zero-order valence-electron chi connectivity index (χ0n) is 11.4. The third kappa shape index (κ3) is 2.41. The summed E-state index contributed by atoms with van der Waals surface area (Å²) in [6, 6.07) is 8.24. The fraction of sp³-hybridized carbons (Fsp3) is 0.133. The van der Waals surface area contributed by atoms with Crippen molar-refractivity contribution < 1.29 is 13.6 Å². The number of amides is 1. The second kappa shape index (κ2) is 5.06. The maximum Gasteiger partial charge on any atom is 0.301 e. The van der Waals surface area contributed by atoms with E-state index in [0.29, 0.717) is 12.3 Å². The Bertz CT molecular complexity index is 820. The van der Waals surface area contributed by atoms with Gasteiger partial charge in [-0.25, -0.2) is 10.2 Å². The van der Waals surface area contributed by atoms with E-state index in [1.165, 1.54) is 12.1 Å². The number of hydrogen-bond acceptors (Lipinski definition) is 3. The molecule has 3 N–H and O–H groups in total. The van der Waals surface area contributed by atoms with Gasteiger partial charge in [-0.2, -0.15) is 0 Å². The first kappa shape index (κ1) is 13.4. The lowest BCUT2D eigenvalue weighted by Crippen LogP contribution is -2.30. The molecule has 0 aliphatic carbocycles. The first-order chi connectivity index (χ1) is 10.1. The zero-order chi connectivity index (χ0) is 15.0. The number of nitrogens with two attached hydrogens (primary N) is 1. The van der Waals surface area contributed by atoms with Crippen molar-refractivity contribution in [3.63, 3.8) is 0 Å². The van der Waals surface area contributed by atoms with E-state index in [2.05, 4.69) is 0 Å². The van der Waals surface area contributed by atoms with Crippen molar-refractivity contribution in [3.05, 3.63) is 59.4 Å². The summed E-state index contributed by atoms with van der Waals surface area (Å²) < 4.78 is 20.6. The molecule has 2 aromatic heterocycles. The van der Waals surface area contributed by atoms with E-state index in [0.717, 1.165) is 16.5 Å². The maximum atomic E-state index is 13.2. The lowest BCUT2D eigenvalue weighted by molar-refractivity contribution is 0.0923. The Kier molecular flexibility index (Phi) is 3.23. The minimum Gasteiger partial charge on any atom is -0.454 e. The van der Waals surface area contributed by atoms with E-state index in [4.69, 9.17) is 10.3 Å². The van der Waals surface area contributed by atoms with E-state index >= 15 is 0 Å². The van der Waals surface area contributed by atoms with Crippen molar-refractivity contribution in [2.45, 2.75) is 13.5 Å². The zero-order valence-corrected chi connectivity index (χ0v) is 11.4. The van der Waals surface area contributed by atoms with Gasteiger partial charge in [0.1, 0.15) is 11.6 Å². The van der Waals surface area contributed by atoms with Gasteiger partial charge in [0.15, 0.2) is 5.76 Å². The van der Waals surface area contributed by atoms with Gasteiger partial charge in [0.25, 0.3) is 0 Å². The minimum absolute atomic E-state index is 0.204. The molecule has 3 aromatic rings. The number of aryl methyl sites for hydroxylation is 1. The summed E-state index contributed by atoms with van der Waals surface area (Å²) in [4.78, 5) is 11.5. The second-order valence-electron chi connectivity index (χ2n) is 4.85. The van der Waals surface area contributed by atoms with Crippen LogP contribution in [0.5, 0.6) is 0 Å². The number of carbonyl (C=O) groups is 1. The van der Waals surface area contributed by atoms with Crippen LogP contribution in [0.25, 0.3) is 10.9 Å². The molecule has 6 heteroatoms. The molecular weight excluding hydrogens is 273 g/mol. The summed E-state index contributed by atoms with van der Waals surface area (Å²) in [5.74, 6) is 5.21. The number of halogens is 1. The van der Waals surface area contributed by atoms with Gasteiger partial charge < -0.3 is 8.98 Å². The number of fused-ring (bicyclic) bond motifs is 1. The second-order valence-corrected chi connectivity index (χ2v) is 4.85. The quantitative estimate of drug-likeness (QED) is 0.441. The Morgan fingerprint density at radius 3 is 2.95 bits per heavy atom. The molecule has 0 saturated carbocycles. The van der Waals surface area contributed by atoms with Gasteiger partial charge in [0, 0.05) is 22.7 Å². The molecule has 1 aromatic carbocycles. The Labute approximate surface area is 120 Å². The van der Waals surface area contributed by atoms with Gasteiger partial charge in [-0.3, -0.25) is 10.2 Å². The van der Waals surface area contributed by atoms with Crippen molar-refractivity contribution in [2.75, 3.05) is 0 Å². The molecule has 0 spiro atoms. The van der Waals surface area contributed by atoms with Crippen LogP contribution in [-0.4, -0.2) is 10.5 Å². The third-order valence-corrected chi connectivity index (χ3v) is 3.37. The van der Waals surface area contributed by atoms with E-state index in [9.17, 15) is 9.18 Å². The highest BCUT2D eigenvalue weighted by Gasteiger charge is 2.15. The fourth-order valence-electron chi connectivity index (χ4n) is 2.39. The first-order valence-corrected chi connectivity index (χ1v) is 6.43. The van der Waals surface area contributed by atoms with Crippen molar-refractivity contribution in [1.29, 1.82) is 0 Å². The monoisotopic (exact) mass is 287 g/mol. The molecule has 0 bridgehead atoms. The summed E-state index contributed by atoms with van der Waals surface area (Å²) in [6.45, 7) is 2.23. The highest BCUT2D eigenvalue weighted by atomic mass is 19.1. The fourth-order valence-corrected chi connectivity index (χ4v) is 2.39. The van der Waals surface area contributed by atoms with Gasteiger partial charge in [-0.1, -0.05) is 0 Å². The van der Waals surface area contributed by atoms with Crippen LogP contribution in [0, 0.1) is 12.7 Å². The van der Waals surface area contributed by atoms with E-state index in [-0.39, 0.29) is 11.6 Å². The number of hydrogen-bond donors (Lipinski definition) is 2. The van der Waals surface area contributed by atoms with Gasteiger partial charge >= 0.3 is 5.91 Å². The molecule has 1 amide bonds. The van der Waals surface area contributed by atoms with Crippen LogP contribution in [-0.2, 0) is 6.54 Å². The van der Waals surface area contributed by atoms with Crippen molar-refractivity contribution >= 4 is 16.8 Å². The molecule has 0 aliphatic rings. The molecule has 0 fully saturated rings. The normalized spacial score (nSPS) is 11.0. The minimum atomic E-state index is -0.460. The van der Waals surface area contributed by atoms with E-state index in [1.54, 1.807) is 19.1 Å². The topological polar surface area (TPSA) is 73.2 Å². The predicted octanol–water partition coefficient (Wildman–Crippen LogP) is 2.33. The molecule has 5 nitrogen and oxygen atoms in total. The van der Waals surface area contributed by atoms with Crippen LogP contribution in [0.3, 0.4) is 0 Å². The number of rotatable bonds is 3. The molecule has 0 saturated heterocycles. The highest BCUT2D eigenvalue weighted by Crippen LogP contribution is 2.21. The summed E-state index contributed by atoms with van der Waals surface area (Å²) in [5.41, 5.74) is 3.67. The van der Waals surface area contributed by atoms with Crippen molar-refractivity contribution in [1.82, 2.24) is 9.99 Å². The van der Waals surface area contributed by atoms with Gasteiger partial charge in [0.2, 0.25) is 0 Å².